The lowest BCUT2D eigenvalue weighted by molar-refractivity contribution is 0.176. The van der Waals surface area contributed by atoms with Crippen molar-refractivity contribution in [2.75, 3.05) is 0 Å². The maximum Gasteiger partial charge on any atom is -0.0386 e. The van der Waals surface area contributed by atoms with E-state index in [1.165, 1.54) is 103 Å². The first-order valence-corrected chi connectivity index (χ1v) is 12.8. The average Bonchev–Trinajstić information content (AvgIpc) is 2.68. The highest BCUT2D eigenvalue weighted by Crippen LogP contribution is 2.39. The summed E-state index contributed by atoms with van der Waals surface area (Å²) in [7, 11) is 0. The molecule has 0 bridgehead atoms. The quantitative estimate of drug-likeness (QED) is 0.467. The fraction of sp³-hybridized carbons (Fsp3) is 1.00. The molecule has 2 aliphatic carbocycles. The summed E-state index contributed by atoms with van der Waals surface area (Å²) in [6.45, 7) is 4.80. The van der Waals surface area contributed by atoms with Gasteiger partial charge in [0.15, 0.2) is 0 Å². The smallest absolute Gasteiger partial charge is 0.0386 e. The van der Waals surface area contributed by atoms with Crippen molar-refractivity contribution in [1.82, 2.24) is 0 Å². The van der Waals surface area contributed by atoms with Crippen molar-refractivity contribution in [3.8, 4) is 0 Å². The predicted molar refractivity (Wildman–Crippen MR) is 118 cm³/mol. The van der Waals surface area contributed by atoms with Gasteiger partial charge in [-0.1, -0.05) is 129 Å². The number of hydrogen-bond acceptors (Lipinski definition) is 0. The van der Waals surface area contributed by atoms with Gasteiger partial charge in [-0.3, -0.25) is 0 Å². The fourth-order valence-electron chi connectivity index (χ4n) is 6.09. The first-order valence-electron chi connectivity index (χ1n) is 12.8. The van der Waals surface area contributed by atoms with Crippen LogP contribution in [0.15, 0.2) is 0 Å². The molecule has 0 heterocycles. The van der Waals surface area contributed by atoms with Crippen LogP contribution in [0.1, 0.15) is 142 Å². The molecule has 0 aromatic heterocycles. The van der Waals surface area contributed by atoms with Crippen molar-refractivity contribution in [1.29, 1.82) is 0 Å². The van der Waals surface area contributed by atoms with Crippen LogP contribution in [0.5, 0.6) is 0 Å². The summed E-state index contributed by atoms with van der Waals surface area (Å²) in [5.41, 5.74) is 0. The molecule has 0 amide bonds. The van der Waals surface area contributed by atoms with Gasteiger partial charge in [0, 0.05) is 0 Å². The fourth-order valence-corrected chi connectivity index (χ4v) is 6.09. The van der Waals surface area contributed by atoms with Gasteiger partial charge in [0.25, 0.3) is 0 Å². The van der Waals surface area contributed by atoms with Gasteiger partial charge in [-0.15, -0.1) is 0 Å². The molecule has 0 nitrogen and oxygen atoms in total. The highest BCUT2D eigenvalue weighted by atomic mass is 14.3. The molecule has 2 saturated carbocycles. The van der Waals surface area contributed by atoms with Gasteiger partial charge in [-0.05, 0) is 36.5 Å². The zero-order valence-electron chi connectivity index (χ0n) is 18.5. The van der Waals surface area contributed by atoms with E-state index in [1.807, 2.05) is 0 Å². The van der Waals surface area contributed by atoms with Crippen LogP contribution in [0.3, 0.4) is 0 Å². The molecule has 2 unspecified atom stereocenters. The summed E-state index contributed by atoms with van der Waals surface area (Å²) >= 11 is 0. The Balaban J connectivity index is 1.84. The van der Waals surface area contributed by atoms with Gasteiger partial charge in [-0.25, -0.2) is 0 Å². The van der Waals surface area contributed by atoms with Crippen molar-refractivity contribution < 1.29 is 0 Å². The second-order valence-corrected chi connectivity index (χ2v) is 9.94. The van der Waals surface area contributed by atoms with Crippen LogP contribution < -0.4 is 0 Å². The lowest BCUT2D eigenvalue weighted by atomic mass is 9.72. The van der Waals surface area contributed by atoms with E-state index in [9.17, 15) is 0 Å². The number of hydrogen-bond donors (Lipinski definition) is 0. The Bertz CT molecular complexity index is 312. The van der Waals surface area contributed by atoms with Crippen LogP contribution in [-0.2, 0) is 0 Å². The predicted octanol–water partition coefficient (Wildman–Crippen LogP) is 9.32. The van der Waals surface area contributed by atoms with E-state index in [0.29, 0.717) is 0 Å². The molecule has 2 fully saturated rings. The molecular formula is C26H50. The van der Waals surface area contributed by atoms with Crippen LogP contribution in [0, 0.1) is 23.7 Å². The SMILES string of the molecule is CCCC1CCCCCCCCCCC(C2CCC(CC)CC2)CCC1. The van der Waals surface area contributed by atoms with Gasteiger partial charge < -0.3 is 0 Å². The van der Waals surface area contributed by atoms with Crippen LogP contribution in [0.2, 0.25) is 0 Å². The van der Waals surface area contributed by atoms with Gasteiger partial charge >= 0.3 is 0 Å². The summed E-state index contributed by atoms with van der Waals surface area (Å²) in [5.74, 6) is 4.25. The van der Waals surface area contributed by atoms with E-state index in [1.54, 1.807) is 25.7 Å². The molecule has 2 atom stereocenters. The summed E-state index contributed by atoms with van der Waals surface area (Å²) in [4.78, 5) is 0. The minimum Gasteiger partial charge on any atom is -0.0654 e. The minimum atomic E-state index is 1.04. The van der Waals surface area contributed by atoms with Gasteiger partial charge in [0.2, 0.25) is 0 Å². The summed E-state index contributed by atoms with van der Waals surface area (Å²) in [6, 6.07) is 0. The van der Waals surface area contributed by atoms with E-state index >= 15 is 0 Å². The highest BCUT2D eigenvalue weighted by molar-refractivity contribution is 4.78. The molecule has 0 aromatic carbocycles. The zero-order valence-corrected chi connectivity index (χ0v) is 18.5. The van der Waals surface area contributed by atoms with Gasteiger partial charge in [0.05, 0.1) is 0 Å². The van der Waals surface area contributed by atoms with E-state index in [4.69, 9.17) is 0 Å². The second-order valence-electron chi connectivity index (χ2n) is 9.94. The Morgan fingerprint density at radius 3 is 1.58 bits per heavy atom. The Morgan fingerprint density at radius 2 is 0.962 bits per heavy atom. The molecule has 26 heavy (non-hydrogen) atoms. The summed E-state index contributed by atoms with van der Waals surface area (Å²) in [6.07, 6.45) is 30.3. The van der Waals surface area contributed by atoms with Gasteiger partial charge in [-0.2, -0.15) is 0 Å². The molecule has 2 rings (SSSR count). The Kier molecular flexibility index (Phi) is 12.1. The molecule has 0 radical (unpaired) electrons. The molecule has 0 aromatic rings. The van der Waals surface area contributed by atoms with Crippen molar-refractivity contribution >= 4 is 0 Å². The topological polar surface area (TPSA) is 0 Å². The lowest BCUT2D eigenvalue weighted by Gasteiger charge is -2.34. The molecule has 0 aliphatic heterocycles. The number of rotatable bonds is 4. The first-order chi connectivity index (χ1) is 12.8. The molecular weight excluding hydrogens is 312 g/mol. The van der Waals surface area contributed by atoms with E-state index in [-0.39, 0.29) is 0 Å². The third kappa shape index (κ3) is 8.79. The standard InChI is InChI=1S/C26H50/c1-3-14-24-15-11-9-7-5-6-8-10-12-17-25(18-13-16-24)26-21-19-23(4-2)20-22-26/h23-26H,3-22H2,1-2H3. The van der Waals surface area contributed by atoms with Crippen molar-refractivity contribution in [2.24, 2.45) is 23.7 Å². The highest BCUT2D eigenvalue weighted by Gasteiger charge is 2.26. The van der Waals surface area contributed by atoms with Crippen LogP contribution in [0.4, 0.5) is 0 Å². The maximum atomic E-state index is 2.41. The molecule has 154 valence electrons. The largest absolute Gasteiger partial charge is 0.0654 e. The van der Waals surface area contributed by atoms with Crippen LogP contribution in [0.25, 0.3) is 0 Å². The van der Waals surface area contributed by atoms with Crippen LogP contribution in [-0.4, -0.2) is 0 Å². The third-order valence-electron chi connectivity index (χ3n) is 7.96. The average molecular weight is 363 g/mol. The second kappa shape index (κ2) is 14.1. The van der Waals surface area contributed by atoms with E-state index in [2.05, 4.69) is 13.8 Å². The normalized spacial score (nSPS) is 33.9. The van der Waals surface area contributed by atoms with Crippen molar-refractivity contribution in [2.45, 2.75) is 142 Å². The molecule has 0 saturated heterocycles. The van der Waals surface area contributed by atoms with E-state index < -0.39 is 0 Å². The monoisotopic (exact) mass is 362 g/mol. The molecule has 0 heteroatoms. The Labute approximate surface area is 166 Å². The van der Waals surface area contributed by atoms with Crippen molar-refractivity contribution in [3.05, 3.63) is 0 Å². The molecule has 0 spiro atoms. The molecule has 0 N–H and O–H groups in total. The first kappa shape index (κ1) is 22.3. The molecule has 2 aliphatic rings. The van der Waals surface area contributed by atoms with E-state index in [0.717, 1.165) is 23.7 Å². The van der Waals surface area contributed by atoms with Crippen molar-refractivity contribution in [3.63, 3.8) is 0 Å². The van der Waals surface area contributed by atoms with Crippen LogP contribution >= 0.6 is 0 Å². The maximum absolute atomic E-state index is 2.41. The third-order valence-corrected chi connectivity index (χ3v) is 7.96. The Morgan fingerprint density at radius 1 is 0.462 bits per heavy atom. The Hall–Kier alpha value is 0. The lowest BCUT2D eigenvalue weighted by Crippen LogP contribution is -2.22. The zero-order chi connectivity index (χ0) is 18.5. The van der Waals surface area contributed by atoms with Gasteiger partial charge in [0.1, 0.15) is 0 Å². The minimum absolute atomic E-state index is 1.04. The summed E-state index contributed by atoms with van der Waals surface area (Å²) in [5, 5.41) is 0. The summed E-state index contributed by atoms with van der Waals surface area (Å²) < 4.78 is 0.